The van der Waals surface area contributed by atoms with Crippen molar-refractivity contribution in [2.75, 3.05) is 39.3 Å². The van der Waals surface area contributed by atoms with Crippen molar-refractivity contribution in [1.29, 1.82) is 0 Å². The second-order valence-corrected chi connectivity index (χ2v) is 13.8. The van der Waals surface area contributed by atoms with Crippen molar-refractivity contribution in [3.63, 3.8) is 0 Å². The lowest BCUT2D eigenvalue weighted by atomic mass is 9.95. The molecule has 0 aliphatic carbocycles. The second kappa shape index (κ2) is 13.8. The first-order valence-corrected chi connectivity index (χ1v) is 16.3. The molecule has 0 spiro atoms. The van der Waals surface area contributed by atoms with Crippen LogP contribution in [0, 0.1) is 5.92 Å². The molecule has 0 bridgehead atoms. The van der Waals surface area contributed by atoms with Crippen LogP contribution in [0.4, 0.5) is 0 Å². The zero-order valence-electron chi connectivity index (χ0n) is 22.6. The number of benzene rings is 1. The second-order valence-electron chi connectivity index (χ2n) is 11.0. The third-order valence-corrected chi connectivity index (χ3v) is 10.5. The molecule has 1 aromatic carbocycles. The molecule has 13 heteroatoms. The minimum atomic E-state index is -4.10. The van der Waals surface area contributed by atoms with Gasteiger partial charge in [-0.3, -0.25) is 9.59 Å². The first-order chi connectivity index (χ1) is 19.0. The van der Waals surface area contributed by atoms with E-state index in [0.717, 1.165) is 36.8 Å². The Kier molecular flexibility index (Phi) is 10.7. The Morgan fingerprint density at radius 1 is 0.925 bits per heavy atom. The summed E-state index contributed by atoms with van der Waals surface area (Å²) in [6.45, 7) is 4.80. The van der Waals surface area contributed by atoms with E-state index in [-0.39, 0.29) is 46.7 Å². The minimum absolute atomic E-state index is 0.0122. The first kappa shape index (κ1) is 31.0. The maximum atomic E-state index is 13.3. The summed E-state index contributed by atoms with van der Waals surface area (Å²) in [5.41, 5.74) is 0. The molecule has 4 rings (SSSR count). The van der Waals surface area contributed by atoms with Crippen LogP contribution in [0.25, 0.3) is 0 Å². The lowest BCUT2D eigenvalue weighted by Crippen LogP contribution is -2.51. The molecule has 3 saturated heterocycles. The molecule has 0 aromatic heterocycles. The summed E-state index contributed by atoms with van der Waals surface area (Å²) < 4.78 is 27.6. The summed E-state index contributed by atoms with van der Waals surface area (Å²) in [5.74, 6) is -1.52. The number of halogens is 2. The fraction of sp³-hybridized carbons (Fsp3) is 0.667. The lowest BCUT2D eigenvalue weighted by Gasteiger charge is -2.36. The standard InChI is InChI=1S/C27H38Cl2N4O6S/c28-20-15-21(29)17-22(16-20)40(38,39)33-12-4-5-24(33)26(35)30-23(27(36)37)6-7-25(34)32-13-8-19(9-14-32)18-31-10-2-1-3-11-31/h15-17,19,23-24H,1-14,18H2,(H,30,35)(H,36,37)/t23-,24+/m0/s1. The number of carbonyl (C=O) groups excluding carboxylic acids is 2. The highest BCUT2D eigenvalue weighted by Crippen LogP contribution is 2.30. The fourth-order valence-corrected chi connectivity index (χ4v) is 8.31. The van der Waals surface area contributed by atoms with E-state index in [4.69, 9.17) is 23.2 Å². The number of nitrogens with zero attached hydrogens (tertiary/aromatic N) is 3. The molecule has 0 radical (unpaired) electrons. The SMILES string of the molecule is O=C(O)[C@H](CCC(=O)N1CCC(CN2CCCCC2)CC1)NC(=O)[C@H]1CCCN1S(=O)(=O)c1cc(Cl)cc(Cl)c1. The smallest absolute Gasteiger partial charge is 0.326 e. The van der Waals surface area contributed by atoms with Crippen molar-refractivity contribution in [2.24, 2.45) is 5.92 Å². The van der Waals surface area contributed by atoms with Crippen LogP contribution >= 0.6 is 23.2 Å². The Morgan fingerprint density at radius 2 is 1.57 bits per heavy atom. The number of sulfonamides is 1. The molecule has 2 amide bonds. The summed E-state index contributed by atoms with van der Waals surface area (Å²) in [6, 6.07) is 1.56. The molecule has 2 atom stereocenters. The van der Waals surface area contributed by atoms with E-state index in [0.29, 0.717) is 25.4 Å². The minimum Gasteiger partial charge on any atom is -0.480 e. The summed E-state index contributed by atoms with van der Waals surface area (Å²) >= 11 is 12.0. The van der Waals surface area contributed by atoms with Crippen molar-refractivity contribution < 1.29 is 27.9 Å². The van der Waals surface area contributed by atoms with E-state index in [1.54, 1.807) is 4.90 Å². The van der Waals surface area contributed by atoms with E-state index in [1.807, 2.05) is 0 Å². The van der Waals surface area contributed by atoms with Gasteiger partial charge in [0.05, 0.1) is 4.90 Å². The Labute approximate surface area is 246 Å². The fourth-order valence-electron chi connectivity index (χ4n) is 5.93. The molecule has 3 aliphatic heterocycles. The number of aliphatic carboxylic acids is 1. The highest BCUT2D eigenvalue weighted by atomic mass is 35.5. The van der Waals surface area contributed by atoms with Crippen LogP contribution in [-0.4, -0.2) is 96.8 Å². The van der Waals surface area contributed by atoms with E-state index < -0.39 is 34.0 Å². The molecule has 3 aliphatic rings. The molecule has 0 unspecified atom stereocenters. The van der Waals surface area contributed by atoms with Gasteiger partial charge in [-0.2, -0.15) is 4.31 Å². The van der Waals surface area contributed by atoms with Gasteiger partial charge in [0, 0.05) is 42.6 Å². The number of hydrogen-bond acceptors (Lipinski definition) is 6. The summed E-state index contributed by atoms with van der Waals surface area (Å²) in [5, 5.41) is 12.5. The molecule has 40 heavy (non-hydrogen) atoms. The number of amides is 2. The normalized spacial score (nSPS) is 22.2. The number of likely N-dealkylation sites (tertiary alicyclic amines) is 2. The van der Waals surface area contributed by atoms with Gasteiger partial charge in [0.15, 0.2) is 0 Å². The van der Waals surface area contributed by atoms with Gasteiger partial charge in [0.25, 0.3) is 0 Å². The van der Waals surface area contributed by atoms with Crippen molar-refractivity contribution in [2.45, 2.75) is 74.8 Å². The van der Waals surface area contributed by atoms with Crippen molar-refractivity contribution >= 4 is 51.0 Å². The van der Waals surface area contributed by atoms with Gasteiger partial charge < -0.3 is 20.2 Å². The topological polar surface area (TPSA) is 127 Å². The number of piperidine rings is 2. The van der Waals surface area contributed by atoms with Crippen LogP contribution in [0.2, 0.25) is 10.0 Å². The van der Waals surface area contributed by atoms with Crippen LogP contribution < -0.4 is 5.32 Å². The highest BCUT2D eigenvalue weighted by Gasteiger charge is 2.41. The molecular weight excluding hydrogens is 579 g/mol. The summed E-state index contributed by atoms with van der Waals surface area (Å²) in [4.78, 5) is 42.1. The van der Waals surface area contributed by atoms with Crippen LogP contribution in [0.3, 0.4) is 0 Å². The third-order valence-electron chi connectivity index (χ3n) is 8.14. The van der Waals surface area contributed by atoms with Crippen LogP contribution in [0.1, 0.15) is 57.8 Å². The lowest BCUT2D eigenvalue weighted by molar-refractivity contribution is -0.143. The van der Waals surface area contributed by atoms with Crippen LogP contribution in [0.5, 0.6) is 0 Å². The van der Waals surface area contributed by atoms with E-state index >= 15 is 0 Å². The van der Waals surface area contributed by atoms with Crippen molar-refractivity contribution in [3.8, 4) is 0 Å². The number of carbonyl (C=O) groups is 3. The molecule has 1 aromatic rings. The largest absolute Gasteiger partial charge is 0.480 e. The van der Waals surface area contributed by atoms with Crippen molar-refractivity contribution in [3.05, 3.63) is 28.2 Å². The van der Waals surface area contributed by atoms with Gasteiger partial charge in [-0.15, -0.1) is 0 Å². The van der Waals surface area contributed by atoms with Gasteiger partial charge in [-0.05, 0) is 82.2 Å². The number of carboxylic acids is 1. The summed E-state index contributed by atoms with van der Waals surface area (Å²) in [7, 11) is -4.10. The molecule has 3 heterocycles. The molecular formula is C27H38Cl2N4O6S. The van der Waals surface area contributed by atoms with Gasteiger partial charge >= 0.3 is 5.97 Å². The van der Waals surface area contributed by atoms with E-state index in [1.165, 1.54) is 37.5 Å². The Morgan fingerprint density at radius 3 is 2.20 bits per heavy atom. The molecule has 222 valence electrons. The quantitative estimate of drug-likeness (QED) is 0.413. The Hall–Kier alpha value is -1.92. The molecule has 3 fully saturated rings. The van der Waals surface area contributed by atoms with Gasteiger partial charge in [-0.1, -0.05) is 29.6 Å². The highest BCUT2D eigenvalue weighted by molar-refractivity contribution is 7.89. The number of rotatable bonds is 10. The first-order valence-electron chi connectivity index (χ1n) is 14.1. The van der Waals surface area contributed by atoms with Gasteiger partial charge in [-0.25, -0.2) is 13.2 Å². The molecule has 2 N–H and O–H groups in total. The zero-order chi connectivity index (χ0) is 28.9. The average Bonchev–Trinajstić information content (AvgIpc) is 3.42. The van der Waals surface area contributed by atoms with Crippen molar-refractivity contribution in [1.82, 2.24) is 19.4 Å². The Balaban J connectivity index is 1.29. The molecule has 10 nitrogen and oxygen atoms in total. The zero-order valence-corrected chi connectivity index (χ0v) is 24.9. The molecule has 0 saturated carbocycles. The third kappa shape index (κ3) is 7.88. The number of hydrogen-bond donors (Lipinski definition) is 2. The maximum absolute atomic E-state index is 13.3. The Bertz CT molecular complexity index is 1170. The predicted octanol–water partition coefficient (Wildman–Crippen LogP) is 3.22. The van der Waals surface area contributed by atoms with E-state index in [2.05, 4.69) is 10.2 Å². The number of nitrogens with one attached hydrogen (secondary N) is 1. The monoisotopic (exact) mass is 616 g/mol. The predicted molar refractivity (Wildman–Crippen MR) is 152 cm³/mol. The number of carboxylic acid groups (broad SMARTS) is 1. The van der Waals surface area contributed by atoms with E-state index in [9.17, 15) is 27.9 Å². The maximum Gasteiger partial charge on any atom is 0.326 e. The van der Waals surface area contributed by atoms with Gasteiger partial charge in [0.2, 0.25) is 21.8 Å². The average molecular weight is 618 g/mol. The van der Waals surface area contributed by atoms with Crippen LogP contribution in [0.15, 0.2) is 23.1 Å². The van der Waals surface area contributed by atoms with Gasteiger partial charge in [0.1, 0.15) is 12.1 Å². The van der Waals surface area contributed by atoms with Crippen LogP contribution in [-0.2, 0) is 24.4 Å². The summed E-state index contributed by atoms with van der Waals surface area (Å²) in [6.07, 6.45) is 6.28.